The number of carbonyl (C=O) groups is 2. The predicted molar refractivity (Wildman–Crippen MR) is 98.4 cm³/mol. The van der Waals surface area contributed by atoms with Gasteiger partial charge in [0.25, 0.3) is 0 Å². The zero-order valence-electron chi connectivity index (χ0n) is 14.5. The number of fused-ring (bicyclic) bond motifs is 2. The third kappa shape index (κ3) is 3.45. The van der Waals surface area contributed by atoms with Crippen molar-refractivity contribution in [3.63, 3.8) is 0 Å². The van der Waals surface area contributed by atoms with Crippen molar-refractivity contribution < 1.29 is 24.2 Å². The molecule has 140 valence electrons. The molecule has 1 amide bonds. The topological polar surface area (TPSA) is 76.1 Å². The van der Waals surface area contributed by atoms with Gasteiger partial charge in [0.1, 0.15) is 13.2 Å². The highest BCUT2D eigenvalue weighted by molar-refractivity contribution is 6.32. The van der Waals surface area contributed by atoms with Gasteiger partial charge in [-0.25, -0.2) is 0 Å². The summed E-state index contributed by atoms with van der Waals surface area (Å²) in [6.45, 7) is 1.43. The first-order chi connectivity index (χ1) is 13.0. The van der Waals surface area contributed by atoms with Gasteiger partial charge in [0.2, 0.25) is 5.91 Å². The lowest BCUT2D eigenvalue weighted by Crippen LogP contribution is -2.41. The van der Waals surface area contributed by atoms with Gasteiger partial charge in [-0.3, -0.25) is 9.59 Å². The number of benzene rings is 2. The first kappa shape index (κ1) is 17.7. The van der Waals surface area contributed by atoms with E-state index in [1.165, 1.54) is 0 Å². The molecule has 27 heavy (non-hydrogen) atoms. The number of ether oxygens (including phenoxy) is 2. The minimum Gasteiger partial charge on any atom is -0.486 e. The zero-order valence-corrected chi connectivity index (χ0v) is 15.2. The molecule has 0 aromatic heterocycles. The van der Waals surface area contributed by atoms with E-state index in [0.29, 0.717) is 41.8 Å². The molecule has 0 saturated carbocycles. The summed E-state index contributed by atoms with van der Waals surface area (Å²) in [5.74, 6) is -0.769. The molecule has 1 N–H and O–H groups in total. The van der Waals surface area contributed by atoms with Crippen molar-refractivity contribution in [2.24, 2.45) is 0 Å². The van der Waals surface area contributed by atoms with Crippen LogP contribution in [0.25, 0.3) is 0 Å². The van der Waals surface area contributed by atoms with Crippen molar-refractivity contribution in [1.82, 2.24) is 4.90 Å². The summed E-state index contributed by atoms with van der Waals surface area (Å²) < 4.78 is 11.0. The number of carboxylic acid groups (broad SMARTS) is 1. The number of carbonyl (C=O) groups excluding carboxylic acids is 1. The van der Waals surface area contributed by atoms with Crippen LogP contribution in [-0.2, 0) is 22.6 Å². The lowest BCUT2D eigenvalue weighted by atomic mass is 9.89. The number of rotatable bonds is 3. The molecule has 2 aromatic rings. The second-order valence-corrected chi connectivity index (χ2v) is 7.05. The average molecular weight is 388 g/mol. The number of nitrogens with zero attached hydrogens (tertiary/aromatic N) is 1. The maximum atomic E-state index is 12.8. The Bertz CT molecular complexity index is 913. The monoisotopic (exact) mass is 387 g/mol. The Morgan fingerprint density at radius 3 is 2.78 bits per heavy atom. The predicted octanol–water partition coefficient (Wildman–Crippen LogP) is 2.86. The number of amides is 1. The molecule has 2 heterocycles. The van der Waals surface area contributed by atoms with Crippen LogP contribution in [0, 0.1) is 0 Å². The Morgan fingerprint density at radius 1 is 1.19 bits per heavy atom. The Kier molecular flexibility index (Phi) is 4.66. The SMILES string of the molecule is O=C(O)C1CN(C(=O)Cc2cc(Cl)c3c(c2)OCCO3)Cc2ccccc21. The number of carboxylic acids is 1. The lowest BCUT2D eigenvalue weighted by Gasteiger charge is -2.33. The quantitative estimate of drug-likeness (QED) is 0.876. The third-order valence-electron chi connectivity index (χ3n) is 4.86. The molecule has 0 fully saturated rings. The fraction of sp³-hybridized carbons (Fsp3) is 0.300. The molecule has 0 saturated heterocycles. The standard InChI is InChI=1S/C20H18ClNO5/c21-16-7-12(8-17-19(16)27-6-5-26-17)9-18(23)22-10-13-3-1-2-4-14(13)15(11-22)20(24)25/h1-4,7-8,15H,5-6,9-11H2,(H,24,25). The van der Waals surface area contributed by atoms with E-state index in [9.17, 15) is 14.7 Å². The molecule has 7 heteroatoms. The molecule has 6 nitrogen and oxygen atoms in total. The van der Waals surface area contributed by atoms with Crippen LogP contribution in [0.4, 0.5) is 0 Å². The minimum absolute atomic E-state index is 0.116. The van der Waals surface area contributed by atoms with Crippen LogP contribution >= 0.6 is 11.6 Å². The Morgan fingerprint density at radius 2 is 1.96 bits per heavy atom. The summed E-state index contributed by atoms with van der Waals surface area (Å²) in [5.41, 5.74) is 2.35. The summed E-state index contributed by atoms with van der Waals surface area (Å²) in [6.07, 6.45) is 0.116. The van der Waals surface area contributed by atoms with Gasteiger partial charge in [-0.2, -0.15) is 0 Å². The molecule has 2 aromatic carbocycles. The molecule has 0 bridgehead atoms. The summed E-state index contributed by atoms with van der Waals surface area (Å²) in [6, 6.07) is 10.8. The van der Waals surface area contributed by atoms with Gasteiger partial charge in [-0.1, -0.05) is 35.9 Å². The molecule has 2 aliphatic heterocycles. The zero-order chi connectivity index (χ0) is 19.0. The van der Waals surface area contributed by atoms with Crippen molar-refractivity contribution in [2.45, 2.75) is 18.9 Å². The van der Waals surface area contributed by atoms with Crippen LogP contribution in [0.3, 0.4) is 0 Å². The highest BCUT2D eigenvalue weighted by atomic mass is 35.5. The van der Waals surface area contributed by atoms with Crippen molar-refractivity contribution in [1.29, 1.82) is 0 Å². The molecule has 2 aliphatic rings. The van der Waals surface area contributed by atoms with Crippen molar-refractivity contribution in [2.75, 3.05) is 19.8 Å². The molecule has 0 spiro atoms. The summed E-state index contributed by atoms with van der Waals surface area (Å²) in [4.78, 5) is 26.1. The molecule has 0 radical (unpaired) electrons. The van der Waals surface area contributed by atoms with Crippen molar-refractivity contribution in [3.05, 3.63) is 58.1 Å². The van der Waals surface area contributed by atoms with Crippen LogP contribution in [0.15, 0.2) is 36.4 Å². The Labute approximate surface area is 161 Å². The molecular weight excluding hydrogens is 370 g/mol. The summed E-state index contributed by atoms with van der Waals surface area (Å²) >= 11 is 6.24. The maximum absolute atomic E-state index is 12.8. The van der Waals surface area contributed by atoms with Crippen LogP contribution in [0.5, 0.6) is 11.5 Å². The van der Waals surface area contributed by atoms with E-state index in [0.717, 1.165) is 11.1 Å². The van der Waals surface area contributed by atoms with Gasteiger partial charge in [-0.15, -0.1) is 0 Å². The summed E-state index contributed by atoms with van der Waals surface area (Å²) in [7, 11) is 0. The fourth-order valence-corrected chi connectivity index (χ4v) is 3.85. The maximum Gasteiger partial charge on any atom is 0.312 e. The lowest BCUT2D eigenvalue weighted by molar-refractivity contribution is -0.141. The first-order valence-electron chi connectivity index (χ1n) is 8.69. The fourth-order valence-electron chi connectivity index (χ4n) is 3.56. The van der Waals surface area contributed by atoms with E-state index in [-0.39, 0.29) is 18.9 Å². The van der Waals surface area contributed by atoms with Crippen LogP contribution < -0.4 is 9.47 Å². The Balaban J connectivity index is 1.55. The van der Waals surface area contributed by atoms with Gasteiger partial charge in [0.05, 0.1) is 17.4 Å². The number of halogens is 1. The number of hydrogen-bond acceptors (Lipinski definition) is 4. The number of hydrogen-bond donors (Lipinski definition) is 1. The smallest absolute Gasteiger partial charge is 0.312 e. The molecule has 1 unspecified atom stereocenters. The van der Waals surface area contributed by atoms with Gasteiger partial charge in [-0.05, 0) is 28.8 Å². The minimum atomic E-state index is -0.928. The second kappa shape index (κ2) is 7.12. The highest BCUT2D eigenvalue weighted by Crippen LogP contribution is 2.38. The van der Waals surface area contributed by atoms with E-state index in [4.69, 9.17) is 21.1 Å². The molecule has 0 aliphatic carbocycles. The highest BCUT2D eigenvalue weighted by Gasteiger charge is 2.32. The number of aliphatic carboxylic acids is 1. The molecule has 4 rings (SSSR count). The average Bonchev–Trinajstić information content (AvgIpc) is 2.67. The van der Waals surface area contributed by atoms with Gasteiger partial charge in [0, 0.05) is 13.1 Å². The van der Waals surface area contributed by atoms with Crippen LogP contribution in [-0.4, -0.2) is 41.6 Å². The van der Waals surface area contributed by atoms with Crippen LogP contribution in [0.1, 0.15) is 22.6 Å². The van der Waals surface area contributed by atoms with Crippen molar-refractivity contribution in [3.8, 4) is 11.5 Å². The second-order valence-electron chi connectivity index (χ2n) is 6.64. The van der Waals surface area contributed by atoms with E-state index < -0.39 is 11.9 Å². The van der Waals surface area contributed by atoms with E-state index >= 15 is 0 Å². The largest absolute Gasteiger partial charge is 0.486 e. The van der Waals surface area contributed by atoms with E-state index in [2.05, 4.69) is 0 Å². The van der Waals surface area contributed by atoms with Crippen molar-refractivity contribution >= 4 is 23.5 Å². The van der Waals surface area contributed by atoms with Gasteiger partial charge < -0.3 is 19.5 Å². The van der Waals surface area contributed by atoms with Gasteiger partial charge in [0.15, 0.2) is 11.5 Å². The van der Waals surface area contributed by atoms with Crippen LogP contribution in [0.2, 0.25) is 5.02 Å². The normalized spacial score (nSPS) is 18.0. The van der Waals surface area contributed by atoms with Gasteiger partial charge >= 0.3 is 5.97 Å². The Hall–Kier alpha value is -2.73. The molecule has 1 atom stereocenters. The summed E-state index contributed by atoms with van der Waals surface area (Å²) in [5, 5.41) is 9.96. The van der Waals surface area contributed by atoms with E-state index in [1.54, 1.807) is 17.0 Å². The first-order valence-corrected chi connectivity index (χ1v) is 9.07. The van der Waals surface area contributed by atoms with E-state index in [1.807, 2.05) is 24.3 Å². The third-order valence-corrected chi connectivity index (χ3v) is 5.14. The molecular formula is C20H18ClNO5.